The van der Waals surface area contributed by atoms with Crippen LogP contribution in [0.25, 0.3) is 0 Å². The lowest BCUT2D eigenvalue weighted by atomic mass is 9.78. The molecule has 0 unspecified atom stereocenters. The fourth-order valence-corrected chi connectivity index (χ4v) is 6.64. The number of nitrogens with one attached hydrogen (secondary N) is 1. The van der Waals surface area contributed by atoms with E-state index in [0.29, 0.717) is 17.2 Å². The van der Waals surface area contributed by atoms with Crippen LogP contribution in [-0.2, 0) is 27.2 Å². The molecule has 2 bridgehead atoms. The van der Waals surface area contributed by atoms with Crippen LogP contribution in [0.4, 0.5) is 5.00 Å². The number of carboxylic acids is 1. The fourth-order valence-electron chi connectivity index (χ4n) is 5.36. The average molecular weight is 406 g/mol. The maximum absolute atomic E-state index is 13.1. The Hall–Kier alpha value is -1.89. The normalized spacial score (nSPS) is 28.0. The molecule has 0 spiro atoms. The van der Waals surface area contributed by atoms with Crippen LogP contribution in [0.5, 0.6) is 0 Å². The third-order valence-electron chi connectivity index (χ3n) is 6.55. The zero-order valence-corrected chi connectivity index (χ0v) is 17.0. The van der Waals surface area contributed by atoms with Gasteiger partial charge in [0, 0.05) is 4.88 Å². The second kappa shape index (κ2) is 7.85. The van der Waals surface area contributed by atoms with E-state index in [0.717, 1.165) is 61.8 Å². The molecule has 2 fully saturated rings. The number of ether oxygens (including phenoxy) is 1. The highest BCUT2D eigenvalue weighted by atomic mass is 32.1. The minimum atomic E-state index is -0.875. The molecule has 6 nitrogen and oxygen atoms in total. The number of hydrogen-bond donors (Lipinski definition) is 2. The summed E-state index contributed by atoms with van der Waals surface area (Å²) in [6.07, 6.45) is 7.22. The molecule has 7 heteroatoms. The lowest BCUT2D eigenvalue weighted by molar-refractivity contribution is -0.148. The number of rotatable bonds is 6. The lowest BCUT2D eigenvalue weighted by Crippen LogP contribution is -2.38. The summed E-state index contributed by atoms with van der Waals surface area (Å²) >= 11 is 1.46. The van der Waals surface area contributed by atoms with Crippen molar-refractivity contribution in [2.45, 2.75) is 58.3 Å². The fraction of sp³-hybridized carbons (Fsp3) is 0.667. The Balaban J connectivity index is 1.60. The van der Waals surface area contributed by atoms with Crippen molar-refractivity contribution < 1.29 is 24.2 Å². The van der Waals surface area contributed by atoms with Gasteiger partial charge >= 0.3 is 11.9 Å². The van der Waals surface area contributed by atoms with Crippen molar-refractivity contribution in [3.8, 4) is 0 Å². The second-order valence-electron chi connectivity index (χ2n) is 8.26. The number of hydrogen-bond acceptors (Lipinski definition) is 5. The summed E-state index contributed by atoms with van der Waals surface area (Å²) in [7, 11) is 0. The molecule has 1 aromatic heterocycles. The molecule has 0 aliphatic heterocycles. The van der Waals surface area contributed by atoms with Crippen LogP contribution in [-0.4, -0.2) is 29.6 Å². The molecule has 1 heterocycles. The molecule has 0 aromatic carbocycles. The molecule has 0 saturated heterocycles. The first-order valence-electron chi connectivity index (χ1n) is 10.4. The van der Waals surface area contributed by atoms with Gasteiger partial charge in [0.2, 0.25) is 5.91 Å². The number of aliphatic carboxylic acids is 1. The highest BCUT2D eigenvalue weighted by Gasteiger charge is 2.54. The summed E-state index contributed by atoms with van der Waals surface area (Å²) in [4.78, 5) is 38.7. The molecule has 152 valence electrons. The van der Waals surface area contributed by atoms with Crippen molar-refractivity contribution in [3.05, 3.63) is 16.0 Å². The van der Waals surface area contributed by atoms with Gasteiger partial charge < -0.3 is 15.2 Å². The van der Waals surface area contributed by atoms with Crippen LogP contribution in [0.15, 0.2) is 0 Å². The molecule has 2 N–H and O–H groups in total. The van der Waals surface area contributed by atoms with Crippen LogP contribution < -0.4 is 5.32 Å². The van der Waals surface area contributed by atoms with Crippen molar-refractivity contribution >= 4 is 34.2 Å². The molecule has 3 aliphatic carbocycles. The van der Waals surface area contributed by atoms with Crippen LogP contribution in [0.2, 0.25) is 0 Å². The molecule has 4 rings (SSSR count). The molecule has 4 atom stereocenters. The topological polar surface area (TPSA) is 92.7 Å². The third kappa shape index (κ3) is 3.34. The van der Waals surface area contributed by atoms with Gasteiger partial charge in [-0.1, -0.05) is 6.92 Å². The van der Waals surface area contributed by atoms with Gasteiger partial charge in [-0.05, 0) is 68.8 Å². The summed E-state index contributed by atoms with van der Waals surface area (Å²) in [5.41, 5.74) is 1.51. The Bertz CT molecular complexity index is 801. The third-order valence-corrected chi connectivity index (χ3v) is 7.76. The number of anilines is 1. The quantitative estimate of drug-likeness (QED) is 0.701. The minimum absolute atomic E-state index is 0.101. The minimum Gasteiger partial charge on any atom is -0.481 e. The highest BCUT2D eigenvalue weighted by molar-refractivity contribution is 7.17. The van der Waals surface area contributed by atoms with E-state index < -0.39 is 17.8 Å². The smallest absolute Gasteiger partial charge is 0.341 e. The molecule has 1 amide bonds. The zero-order chi connectivity index (χ0) is 19.8. The largest absolute Gasteiger partial charge is 0.481 e. The Morgan fingerprint density at radius 3 is 2.57 bits per heavy atom. The van der Waals surface area contributed by atoms with E-state index in [4.69, 9.17) is 4.74 Å². The lowest BCUT2D eigenvalue weighted by Gasteiger charge is -2.27. The SMILES string of the molecule is CCCOC(=O)c1c(NC(=O)[C@@H]2[C@H]3CC[C@@H](C3)[C@@H]2C(=O)O)sc2c1CCCC2. The molecule has 3 aliphatic rings. The van der Waals surface area contributed by atoms with Gasteiger partial charge in [0.25, 0.3) is 0 Å². The van der Waals surface area contributed by atoms with Gasteiger partial charge in [0.05, 0.1) is 24.0 Å². The Kier molecular flexibility index (Phi) is 5.45. The Morgan fingerprint density at radius 1 is 1.14 bits per heavy atom. The highest BCUT2D eigenvalue weighted by Crippen LogP contribution is 2.53. The number of carbonyl (C=O) groups excluding carboxylic acids is 2. The zero-order valence-electron chi connectivity index (χ0n) is 16.2. The van der Waals surface area contributed by atoms with Gasteiger partial charge in [-0.2, -0.15) is 0 Å². The number of aryl methyl sites for hydroxylation is 1. The molecule has 28 heavy (non-hydrogen) atoms. The number of esters is 1. The van der Waals surface area contributed by atoms with Crippen LogP contribution in [0.1, 0.15) is 66.2 Å². The maximum Gasteiger partial charge on any atom is 0.341 e. The van der Waals surface area contributed by atoms with Gasteiger partial charge in [-0.25, -0.2) is 4.79 Å². The Morgan fingerprint density at radius 2 is 1.86 bits per heavy atom. The van der Waals surface area contributed by atoms with E-state index in [9.17, 15) is 19.5 Å². The summed E-state index contributed by atoms with van der Waals surface area (Å²) in [5, 5.41) is 13.1. The number of carboxylic acid groups (broad SMARTS) is 1. The molecule has 1 aromatic rings. The van der Waals surface area contributed by atoms with Crippen molar-refractivity contribution in [2.24, 2.45) is 23.7 Å². The molecular weight excluding hydrogens is 378 g/mol. The predicted molar refractivity (Wildman–Crippen MR) is 106 cm³/mol. The van der Waals surface area contributed by atoms with E-state index in [1.165, 1.54) is 11.3 Å². The first-order valence-corrected chi connectivity index (χ1v) is 11.2. The van der Waals surface area contributed by atoms with Crippen LogP contribution >= 0.6 is 11.3 Å². The second-order valence-corrected chi connectivity index (χ2v) is 9.37. The van der Waals surface area contributed by atoms with E-state index in [-0.39, 0.29) is 23.7 Å². The summed E-state index contributed by atoms with van der Waals surface area (Å²) < 4.78 is 5.38. The summed E-state index contributed by atoms with van der Waals surface area (Å²) in [6, 6.07) is 0. The molecular formula is C21H27NO5S. The van der Waals surface area contributed by atoms with E-state index >= 15 is 0 Å². The van der Waals surface area contributed by atoms with Gasteiger partial charge in [0.1, 0.15) is 5.00 Å². The number of carbonyl (C=O) groups is 3. The first kappa shape index (κ1) is 19.4. The number of thiophene rings is 1. The average Bonchev–Trinajstić information content (AvgIpc) is 3.37. The standard InChI is InChI=1S/C21H27NO5S/c1-2-9-27-21(26)17-13-5-3-4-6-14(13)28-19(17)22-18(23)15-11-7-8-12(10-11)16(15)20(24)25/h11-12,15-16H,2-10H2,1H3,(H,22,23)(H,24,25)/t11-,12-,15+,16-/m0/s1. The van der Waals surface area contributed by atoms with Crippen molar-refractivity contribution in [1.29, 1.82) is 0 Å². The first-order chi connectivity index (χ1) is 13.5. The van der Waals surface area contributed by atoms with E-state index in [2.05, 4.69) is 5.32 Å². The van der Waals surface area contributed by atoms with E-state index in [1.54, 1.807) is 0 Å². The molecule has 2 saturated carbocycles. The number of amides is 1. The Labute approximate surface area is 168 Å². The van der Waals surface area contributed by atoms with Crippen LogP contribution in [0, 0.1) is 23.7 Å². The van der Waals surface area contributed by atoms with Crippen LogP contribution in [0.3, 0.4) is 0 Å². The van der Waals surface area contributed by atoms with Gasteiger partial charge in [0.15, 0.2) is 0 Å². The summed E-state index contributed by atoms with van der Waals surface area (Å²) in [6.45, 7) is 2.30. The van der Waals surface area contributed by atoms with Gasteiger partial charge in [-0.15, -0.1) is 11.3 Å². The van der Waals surface area contributed by atoms with Crippen molar-refractivity contribution in [2.75, 3.05) is 11.9 Å². The monoisotopic (exact) mass is 405 g/mol. The maximum atomic E-state index is 13.1. The van der Waals surface area contributed by atoms with Crippen molar-refractivity contribution in [1.82, 2.24) is 0 Å². The molecule has 0 radical (unpaired) electrons. The van der Waals surface area contributed by atoms with Crippen molar-refractivity contribution in [3.63, 3.8) is 0 Å². The van der Waals surface area contributed by atoms with E-state index in [1.807, 2.05) is 6.92 Å². The number of fused-ring (bicyclic) bond motifs is 3. The van der Waals surface area contributed by atoms with Gasteiger partial charge in [-0.3, -0.25) is 9.59 Å². The summed E-state index contributed by atoms with van der Waals surface area (Å²) in [5.74, 6) is -2.37. The predicted octanol–water partition coefficient (Wildman–Crippen LogP) is 3.88.